The number of hydrogen-bond acceptors (Lipinski definition) is 2. The summed E-state index contributed by atoms with van der Waals surface area (Å²) in [5, 5.41) is 1.97. The Morgan fingerprint density at radius 3 is 2.80 bits per heavy atom. The molecule has 106 valence electrons. The number of hydrogen-bond donors (Lipinski definition) is 0. The van der Waals surface area contributed by atoms with Gasteiger partial charge in [0.2, 0.25) is 0 Å². The van der Waals surface area contributed by atoms with Crippen LogP contribution in [0.2, 0.25) is 5.02 Å². The van der Waals surface area contributed by atoms with Crippen LogP contribution in [-0.4, -0.2) is 23.0 Å². The SMILES string of the molecule is C[C@H](N(C)Cc1c(Cl)ccc2cccnc12)C1(C)CC1. The van der Waals surface area contributed by atoms with E-state index < -0.39 is 0 Å². The second-order valence-corrected chi connectivity index (χ2v) is 6.75. The van der Waals surface area contributed by atoms with E-state index in [1.54, 1.807) is 0 Å². The Bertz CT molecular complexity index is 634. The molecule has 3 rings (SSSR count). The van der Waals surface area contributed by atoms with E-state index in [0.717, 1.165) is 28.0 Å². The largest absolute Gasteiger partial charge is 0.299 e. The van der Waals surface area contributed by atoms with Crippen LogP contribution in [0.3, 0.4) is 0 Å². The average molecular weight is 289 g/mol. The molecule has 2 aromatic rings. The number of halogens is 1. The summed E-state index contributed by atoms with van der Waals surface area (Å²) in [5.41, 5.74) is 2.66. The lowest BCUT2D eigenvalue weighted by atomic mass is 9.98. The summed E-state index contributed by atoms with van der Waals surface area (Å²) in [6.07, 6.45) is 4.51. The molecule has 0 aliphatic heterocycles. The van der Waals surface area contributed by atoms with Crippen molar-refractivity contribution in [1.29, 1.82) is 0 Å². The molecule has 0 spiro atoms. The fourth-order valence-electron chi connectivity index (χ4n) is 2.86. The lowest BCUT2D eigenvalue weighted by molar-refractivity contribution is 0.179. The zero-order chi connectivity index (χ0) is 14.3. The van der Waals surface area contributed by atoms with E-state index in [9.17, 15) is 0 Å². The average Bonchev–Trinajstić information content (AvgIpc) is 3.20. The highest BCUT2D eigenvalue weighted by molar-refractivity contribution is 6.32. The number of benzene rings is 1. The Labute approximate surface area is 125 Å². The molecule has 0 radical (unpaired) electrons. The minimum absolute atomic E-state index is 0.485. The van der Waals surface area contributed by atoms with Crippen LogP contribution in [0.5, 0.6) is 0 Å². The van der Waals surface area contributed by atoms with Crippen molar-refractivity contribution in [2.75, 3.05) is 7.05 Å². The van der Waals surface area contributed by atoms with E-state index in [1.165, 1.54) is 12.8 Å². The molecule has 20 heavy (non-hydrogen) atoms. The maximum atomic E-state index is 6.42. The molecule has 0 unspecified atom stereocenters. The molecule has 1 heterocycles. The maximum absolute atomic E-state index is 6.42. The lowest BCUT2D eigenvalue weighted by Crippen LogP contribution is -2.35. The van der Waals surface area contributed by atoms with Crippen molar-refractivity contribution < 1.29 is 0 Å². The molecule has 1 fully saturated rings. The first-order valence-electron chi connectivity index (χ1n) is 7.24. The maximum Gasteiger partial charge on any atom is 0.0761 e. The molecule has 0 amide bonds. The minimum atomic E-state index is 0.485. The molecule has 0 saturated heterocycles. The zero-order valence-electron chi connectivity index (χ0n) is 12.4. The van der Waals surface area contributed by atoms with E-state index >= 15 is 0 Å². The smallest absolute Gasteiger partial charge is 0.0761 e. The summed E-state index contributed by atoms with van der Waals surface area (Å²) in [6.45, 7) is 5.54. The third-order valence-corrected chi connectivity index (χ3v) is 5.29. The van der Waals surface area contributed by atoms with Crippen LogP contribution in [0, 0.1) is 5.41 Å². The molecule has 2 nitrogen and oxygen atoms in total. The molecule has 1 aromatic heterocycles. The predicted molar refractivity (Wildman–Crippen MR) is 85.0 cm³/mol. The lowest BCUT2D eigenvalue weighted by Gasteiger charge is -2.30. The third kappa shape index (κ3) is 2.43. The summed E-state index contributed by atoms with van der Waals surface area (Å²) in [7, 11) is 2.19. The van der Waals surface area contributed by atoms with Crippen molar-refractivity contribution in [3.63, 3.8) is 0 Å². The van der Waals surface area contributed by atoms with E-state index in [1.807, 2.05) is 24.4 Å². The van der Waals surface area contributed by atoms with Crippen LogP contribution in [0.1, 0.15) is 32.3 Å². The van der Waals surface area contributed by atoms with Gasteiger partial charge in [-0.05, 0) is 44.4 Å². The van der Waals surface area contributed by atoms with E-state index in [0.29, 0.717) is 11.5 Å². The molecular formula is C17H21ClN2. The van der Waals surface area contributed by atoms with Gasteiger partial charge in [0.15, 0.2) is 0 Å². The van der Waals surface area contributed by atoms with E-state index in [-0.39, 0.29) is 0 Å². The summed E-state index contributed by atoms with van der Waals surface area (Å²) < 4.78 is 0. The van der Waals surface area contributed by atoms with Crippen molar-refractivity contribution in [1.82, 2.24) is 9.88 Å². The molecule has 1 atom stereocenters. The minimum Gasteiger partial charge on any atom is -0.299 e. The van der Waals surface area contributed by atoms with Crippen LogP contribution in [0.4, 0.5) is 0 Å². The Morgan fingerprint density at radius 1 is 1.35 bits per heavy atom. The van der Waals surface area contributed by atoms with Crippen molar-refractivity contribution in [2.45, 2.75) is 39.3 Å². The molecular weight excluding hydrogens is 268 g/mol. The number of nitrogens with zero attached hydrogens (tertiary/aromatic N) is 2. The van der Waals surface area contributed by atoms with Gasteiger partial charge in [0, 0.05) is 34.8 Å². The predicted octanol–water partition coefficient (Wildman–Crippen LogP) is 4.51. The van der Waals surface area contributed by atoms with Gasteiger partial charge in [0.05, 0.1) is 5.52 Å². The first-order chi connectivity index (χ1) is 9.51. The van der Waals surface area contributed by atoms with Crippen molar-refractivity contribution in [2.24, 2.45) is 5.41 Å². The van der Waals surface area contributed by atoms with Crippen LogP contribution in [-0.2, 0) is 6.54 Å². The molecule has 1 aromatic carbocycles. The Kier molecular flexibility index (Phi) is 3.47. The van der Waals surface area contributed by atoms with Gasteiger partial charge in [-0.15, -0.1) is 0 Å². The van der Waals surface area contributed by atoms with Gasteiger partial charge in [-0.25, -0.2) is 0 Å². The van der Waals surface area contributed by atoms with Crippen LogP contribution < -0.4 is 0 Å². The molecule has 1 saturated carbocycles. The first-order valence-corrected chi connectivity index (χ1v) is 7.61. The number of fused-ring (bicyclic) bond motifs is 1. The fraction of sp³-hybridized carbons (Fsp3) is 0.471. The molecule has 3 heteroatoms. The highest BCUT2D eigenvalue weighted by Crippen LogP contribution is 2.49. The second kappa shape index (κ2) is 5.01. The summed E-state index contributed by atoms with van der Waals surface area (Å²) in [6, 6.07) is 8.65. The van der Waals surface area contributed by atoms with Gasteiger partial charge >= 0.3 is 0 Å². The normalized spacial score (nSPS) is 18.4. The quantitative estimate of drug-likeness (QED) is 0.823. The third-order valence-electron chi connectivity index (χ3n) is 4.94. The van der Waals surface area contributed by atoms with Crippen molar-refractivity contribution in [3.05, 3.63) is 41.0 Å². The highest BCUT2D eigenvalue weighted by atomic mass is 35.5. The van der Waals surface area contributed by atoms with Gasteiger partial charge in [-0.2, -0.15) is 0 Å². The molecule has 0 bridgehead atoms. The highest BCUT2D eigenvalue weighted by Gasteiger charge is 2.44. The monoisotopic (exact) mass is 288 g/mol. The van der Waals surface area contributed by atoms with E-state index in [2.05, 4.69) is 36.8 Å². The van der Waals surface area contributed by atoms with Crippen LogP contribution >= 0.6 is 11.6 Å². The fourth-order valence-corrected chi connectivity index (χ4v) is 3.08. The Hall–Kier alpha value is -1.12. The number of pyridine rings is 1. The Morgan fingerprint density at radius 2 is 2.10 bits per heavy atom. The molecule has 1 aliphatic carbocycles. The van der Waals surface area contributed by atoms with Gasteiger partial charge in [-0.3, -0.25) is 9.88 Å². The first kappa shape index (κ1) is 13.8. The van der Waals surface area contributed by atoms with Crippen molar-refractivity contribution >= 4 is 22.5 Å². The van der Waals surface area contributed by atoms with Gasteiger partial charge in [-0.1, -0.05) is 30.7 Å². The number of aromatic nitrogens is 1. The number of rotatable bonds is 4. The van der Waals surface area contributed by atoms with Crippen LogP contribution in [0.25, 0.3) is 10.9 Å². The summed E-state index contributed by atoms with van der Waals surface area (Å²) in [4.78, 5) is 6.93. The summed E-state index contributed by atoms with van der Waals surface area (Å²) >= 11 is 6.42. The van der Waals surface area contributed by atoms with Gasteiger partial charge < -0.3 is 0 Å². The second-order valence-electron chi connectivity index (χ2n) is 6.35. The summed E-state index contributed by atoms with van der Waals surface area (Å²) in [5.74, 6) is 0. The molecule has 0 N–H and O–H groups in total. The standard InChI is InChI=1S/C17H21ClN2/c1-12(17(2)8-9-17)20(3)11-14-15(18)7-6-13-5-4-10-19-16(13)14/h4-7,10,12H,8-9,11H2,1-3H3/t12-/m0/s1. The zero-order valence-corrected chi connectivity index (χ0v) is 13.1. The molecule has 1 aliphatic rings. The van der Waals surface area contributed by atoms with Crippen LogP contribution in [0.15, 0.2) is 30.5 Å². The van der Waals surface area contributed by atoms with E-state index in [4.69, 9.17) is 11.6 Å². The Balaban J connectivity index is 1.92. The topological polar surface area (TPSA) is 16.1 Å². The van der Waals surface area contributed by atoms with Crippen molar-refractivity contribution in [3.8, 4) is 0 Å². The van der Waals surface area contributed by atoms with Gasteiger partial charge in [0.1, 0.15) is 0 Å². The van der Waals surface area contributed by atoms with Gasteiger partial charge in [0.25, 0.3) is 0 Å².